The number of rotatable bonds is 8. The summed E-state index contributed by atoms with van der Waals surface area (Å²) in [4.78, 5) is 1.14. The number of methoxy groups -OCH3 is 1. The summed E-state index contributed by atoms with van der Waals surface area (Å²) in [5.74, 6) is 0.782. The molecule has 3 N–H and O–H groups in total. The lowest BCUT2D eigenvalue weighted by Crippen LogP contribution is -2.10. The number of hydrogen-bond donors (Lipinski definition) is 2. The predicted octanol–water partition coefficient (Wildman–Crippen LogP) is 3.48. The predicted molar refractivity (Wildman–Crippen MR) is 98.5 cm³/mol. The zero-order valence-corrected chi connectivity index (χ0v) is 14.5. The van der Waals surface area contributed by atoms with E-state index in [0.29, 0.717) is 18.9 Å². The molecule has 0 saturated heterocycles. The van der Waals surface area contributed by atoms with Crippen molar-refractivity contribution in [1.82, 2.24) is 0 Å². The van der Waals surface area contributed by atoms with Crippen LogP contribution in [0.2, 0.25) is 0 Å². The van der Waals surface area contributed by atoms with E-state index in [0.717, 1.165) is 22.0 Å². The summed E-state index contributed by atoms with van der Waals surface area (Å²) in [6, 6.07) is 13.9. The molecule has 0 atom stereocenters. The SMILES string of the molecule is CNc1ccc(SN(C)c2cc(OCCOC)ccc2N)cc1. The third-order valence-corrected chi connectivity index (χ3v) is 4.24. The molecule has 0 bridgehead atoms. The number of nitrogens with zero attached hydrogens (tertiary/aromatic N) is 1. The molecule has 2 rings (SSSR count). The second-order valence-corrected chi connectivity index (χ2v) is 6.13. The van der Waals surface area contributed by atoms with Gasteiger partial charge < -0.3 is 24.8 Å². The number of benzene rings is 2. The molecule has 0 aromatic heterocycles. The number of nitrogens with one attached hydrogen (secondary N) is 1. The molecule has 6 heteroatoms. The van der Waals surface area contributed by atoms with E-state index in [2.05, 4.69) is 17.4 Å². The van der Waals surface area contributed by atoms with E-state index in [-0.39, 0.29) is 0 Å². The van der Waals surface area contributed by atoms with Crippen LogP contribution in [0.1, 0.15) is 0 Å². The van der Waals surface area contributed by atoms with Crippen LogP contribution in [0.25, 0.3) is 0 Å². The van der Waals surface area contributed by atoms with Gasteiger partial charge in [-0.15, -0.1) is 0 Å². The van der Waals surface area contributed by atoms with Gasteiger partial charge in [0.1, 0.15) is 12.4 Å². The lowest BCUT2D eigenvalue weighted by atomic mass is 10.2. The van der Waals surface area contributed by atoms with Crippen molar-refractivity contribution >= 4 is 29.0 Å². The van der Waals surface area contributed by atoms with Crippen molar-refractivity contribution < 1.29 is 9.47 Å². The molecule has 124 valence electrons. The normalized spacial score (nSPS) is 10.4. The maximum atomic E-state index is 6.10. The van der Waals surface area contributed by atoms with Crippen molar-refractivity contribution in [3.05, 3.63) is 42.5 Å². The molecule has 5 nitrogen and oxygen atoms in total. The summed E-state index contributed by atoms with van der Waals surface area (Å²) in [7, 11) is 5.55. The second kappa shape index (κ2) is 8.55. The fourth-order valence-electron chi connectivity index (χ4n) is 2.02. The van der Waals surface area contributed by atoms with Gasteiger partial charge in [-0.05, 0) is 48.3 Å². The summed E-state index contributed by atoms with van der Waals surface area (Å²) < 4.78 is 12.7. The van der Waals surface area contributed by atoms with E-state index in [1.165, 1.54) is 0 Å². The molecule has 0 aliphatic carbocycles. The van der Waals surface area contributed by atoms with Crippen molar-refractivity contribution in [2.24, 2.45) is 0 Å². The van der Waals surface area contributed by atoms with E-state index >= 15 is 0 Å². The van der Waals surface area contributed by atoms with Crippen molar-refractivity contribution in [1.29, 1.82) is 0 Å². The number of ether oxygens (including phenoxy) is 2. The topological polar surface area (TPSA) is 59.8 Å². The Hall–Kier alpha value is -2.05. The molecule has 0 spiro atoms. The second-order valence-electron chi connectivity index (χ2n) is 4.93. The van der Waals surface area contributed by atoms with Gasteiger partial charge in [0.05, 0.1) is 18.0 Å². The van der Waals surface area contributed by atoms with Gasteiger partial charge in [-0.1, -0.05) is 0 Å². The third kappa shape index (κ3) is 4.97. The van der Waals surface area contributed by atoms with E-state index in [4.69, 9.17) is 15.2 Å². The highest BCUT2D eigenvalue weighted by Crippen LogP contribution is 2.34. The first-order chi connectivity index (χ1) is 11.1. The fourth-order valence-corrected chi connectivity index (χ4v) is 2.85. The number of nitrogen functional groups attached to an aromatic ring is 1. The standard InChI is InChI=1S/C17H23N3O2S/c1-19-13-4-7-15(8-5-13)23-20(2)17-12-14(6-9-16(17)18)22-11-10-21-3/h4-9,12,19H,10-11,18H2,1-3H3. The van der Waals surface area contributed by atoms with Crippen LogP contribution >= 0.6 is 11.9 Å². The lowest BCUT2D eigenvalue weighted by Gasteiger charge is -2.20. The summed E-state index contributed by atoms with van der Waals surface area (Å²) in [6.07, 6.45) is 0. The zero-order chi connectivity index (χ0) is 16.7. The maximum Gasteiger partial charge on any atom is 0.121 e. The number of hydrogen-bond acceptors (Lipinski definition) is 6. The summed E-state index contributed by atoms with van der Waals surface area (Å²) in [5.41, 5.74) is 8.82. The molecule has 0 aliphatic heterocycles. The molecule has 0 amide bonds. The van der Waals surface area contributed by atoms with Crippen LogP contribution in [-0.4, -0.2) is 34.4 Å². The highest BCUT2D eigenvalue weighted by atomic mass is 32.2. The van der Waals surface area contributed by atoms with E-state index in [1.54, 1.807) is 19.1 Å². The molecule has 0 heterocycles. The molecule has 0 unspecified atom stereocenters. The Balaban J connectivity index is 2.07. The first kappa shape index (κ1) is 17.3. The summed E-state index contributed by atoms with van der Waals surface area (Å²) >= 11 is 1.61. The molecule has 0 saturated carbocycles. The Morgan fingerprint density at radius 2 is 1.87 bits per heavy atom. The number of anilines is 3. The Morgan fingerprint density at radius 3 is 2.52 bits per heavy atom. The average Bonchev–Trinajstić information content (AvgIpc) is 2.57. The highest BCUT2D eigenvalue weighted by molar-refractivity contribution is 8.00. The van der Waals surface area contributed by atoms with Crippen LogP contribution in [0.5, 0.6) is 5.75 Å². The minimum Gasteiger partial charge on any atom is -0.491 e. The van der Waals surface area contributed by atoms with Gasteiger partial charge in [0, 0.05) is 37.9 Å². The van der Waals surface area contributed by atoms with Gasteiger partial charge in [-0.25, -0.2) is 0 Å². The average molecular weight is 333 g/mol. The first-order valence-corrected chi connectivity index (χ1v) is 8.12. The molecule has 0 radical (unpaired) electrons. The highest BCUT2D eigenvalue weighted by Gasteiger charge is 2.09. The van der Waals surface area contributed by atoms with Crippen molar-refractivity contribution in [2.75, 3.05) is 49.8 Å². The molecule has 0 aliphatic rings. The van der Waals surface area contributed by atoms with Crippen molar-refractivity contribution in [2.45, 2.75) is 4.90 Å². The van der Waals surface area contributed by atoms with Crippen LogP contribution in [0.4, 0.5) is 17.1 Å². The van der Waals surface area contributed by atoms with Crippen molar-refractivity contribution in [3.8, 4) is 5.75 Å². The first-order valence-electron chi connectivity index (χ1n) is 7.35. The van der Waals surface area contributed by atoms with Gasteiger partial charge >= 0.3 is 0 Å². The van der Waals surface area contributed by atoms with Crippen molar-refractivity contribution in [3.63, 3.8) is 0 Å². The summed E-state index contributed by atoms with van der Waals surface area (Å²) in [6.45, 7) is 1.07. The minimum absolute atomic E-state index is 0.516. The number of nitrogens with two attached hydrogens (primary N) is 1. The van der Waals surface area contributed by atoms with Crippen LogP contribution in [0.15, 0.2) is 47.4 Å². The molecule has 2 aromatic rings. The molecular formula is C17H23N3O2S. The van der Waals surface area contributed by atoms with Crippen LogP contribution in [0, 0.1) is 0 Å². The van der Waals surface area contributed by atoms with Crippen LogP contribution in [-0.2, 0) is 4.74 Å². The quantitative estimate of drug-likeness (QED) is 0.438. The van der Waals surface area contributed by atoms with Crippen LogP contribution < -0.4 is 20.1 Å². The minimum atomic E-state index is 0.516. The molecule has 23 heavy (non-hydrogen) atoms. The lowest BCUT2D eigenvalue weighted by molar-refractivity contribution is 0.146. The fraction of sp³-hybridized carbons (Fsp3) is 0.294. The van der Waals surface area contributed by atoms with E-state index in [9.17, 15) is 0 Å². The monoisotopic (exact) mass is 333 g/mol. The smallest absolute Gasteiger partial charge is 0.121 e. The third-order valence-electron chi connectivity index (χ3n) is 3.28. The summed E-state index contributed by atoms with van der Waals surface area (Å²) in [5, 5.41) is 3.11. The van der Waals surface area contributed by atoms with E-state index < -0.39 is 0 Å². The van der Waals surface area contributed by atoms with Gasteiger partial charge in [0.15, 0.2) is 0 Å². The van der Waals surface area contributed by atoms with Gasteiger partial charge in [0.2, 0.25) is 0 Å². The van der Waals surface area contributed by atoms with Crippen LogP contribution in [0.3, 0.4) is 0 Å². The van der Waals surface area contributed by atoms with E-state index in [1.807, 2.05) is 48.7 Å². The van der Waals surface area contributed by atoms with Gasteiger partial charge in [0.25, 0.3) is 0 Å². The Bertz CT molecular complexity index is 620. The maximum absolute atomic E-state index is 6.10. The van der Waals surface area contributed by atoms with Gasteiger partial charge in [-0.2, -0.15) is 0 Å². The Labute approximate surface area is 141 Å². The molecular weight excluding hydrogens is 310 g/mol. The van der Waals surface area contributed by atoms with Gasteiger partial charge in [-0.3, -0.25) is 0 Å². The molecule has 2 aromatic carbocycles. The Morgan fingerprint density at radius 1 is 1.13 bits per heavy atom. The largest absolute Gasteiger partial charge is 0.491 e. The Kier molecular flexibility index (Phi) is 6.43. The molecule has 0 fully saturated rings. The zero-order valence-electron chi connectivity index (χ0n) is 13.7.